The van der Waals surface area contributed by atoms with E-state index in [1.54, 1.807) is 60.0 Å². The Bertz CT molecular complexity index is 1540. The number of carbonyl (C=O) groups excluding carboxylic acids is 2. The summed E-state index contributed by atoms with van der Waals surface area (Å²) in [6, 6.07) is 17.0. The molecule has 0 fully saturated rings. The summed E-state index contributed by atoms with van der Waals surface area (Å²) < 4.78 is 55.5. The van der Waals surface area contributed by atoms with Crippen LogP contribution in [0.5, 0.6) is 17.2 Å². The van der Waals surface area contributed by atoms with Crippen LogP contribution in [0.2, 0.25) is 0 Å². The summed E-state index contributed by atoms with van der Waals surface area (Å²) in [6.07, 6.45) is -4.89. The molecule has 10 heteroatoms. The molecule has 0 saturated carbocycles. The molecule has 0 bridgehead atoms. The van der Waals surface area contributed by atoms with E-state index in [1.807, 2.05) is 0 Å². The average molecular weight is 541 g/mol. The minimum absolute atomic E-state index is 0.149. The van der Waals surface area contributed by atoms with E-state index >= 15 is 0 Å². The molecule has 204 valence electrons. The van der Waals surface area contributed by atoms with Crippen molar-refractivity contribution in [2.24, 2.45) is 0 Å². The maximum absolute atomic E-state index is 13.6. The molecule has 1 heterocycles. The molecule has 7 nitrogen and oxygen atoms in total. The quantitative estimate of drug-likeness (QED) is 0.276. The molecule has 0 atom stereocenters. The van der Waals surface area contributed by atoms with Crippen LogP contribution in [-0.2, 0) is 11.3 Å². The molecular weight excluding hydrogens is 515 g/mol. The van der Waals surface area contributed by atoms with Gasteiger partial charge in [-0.1, -0.05) is 12.1 Å². The first-order valence-electron chi connectivity index (χ1n) is 11.9. The Hall–Kier alpha value is -4.47. The van der Waals surface area contributed by atoms with Gasteiger partial charge in [-0.25, -0.2) is 0 Å². The number of fused-ring (bicyclic) bond motifs is 1. The molecule has 1 aromatic heterocycles. The second-order valence-corrected chi connectivity index (χ2v) is 9.38. The van der Waals surface area contributed by atoms with Crippen molar-refractivity contribution < 1.29 is 42.1 Å². The molecule has 0 radical (unpaired) electrons. The van der Waals surface area contributed by atoms with E-state index in [4.69, 9.17) is 9.47 Å². The van der Waals surface area contributed by atoms with Crippen LogP contribution in [0.4, 0.5) is 13.2 Å². The lowest BCUT2D eigenvalue weighted by molar-refractivity contribution is -0.320. The zero-order chi connectivity index (χ0) is 28.5. The number of ether oxygens (including phenoxy) is 3. The maximum Gasteiger partial charge on any atom is 0.573 e. The highest BCUT2D eigenvalue weighted by atomic mass is 19.4. The number of carboxylic acid groups (broad SMARTS) is 1. The number of methoxy groups -OCH3 is 1. The maximum atomic E-state index is 13.6. The Morgan fingerprint density at radius 3 is 2.15 bits per heavy atom. The molecule has 4 rings (SSSR count). The highest BCUT2D eigenvalue weighted by molar-refractivity contribution is 6.17. The van der Waals surface area contributed by atoms with E-state index in [1.165, 1.54) is 39.2 Å². The number of rotatable bonds is 9. The molecule has 0 unspecified atom stereocenters. The van der Waals surface area contributed by atoms with Gasteiger partial charge in [0.1, 0.15) is 22.8 Å². The summed E-state index contributed by atoms with van der Waals surface area (Å²) >= 11 is 0. The highest BCUT2D eigenvalue weighted by Crippen LogP contribution is 2.34. The number of aromatic nitrogens is 1. The van der Waals surface area contributed by atoms with E-state index in [0.29, 0.717) is 39.0 Å². The van der Waals surface area contributed by atoms with Crippen molar-refractivity contribution in [2.75, 3.05) is 7.11 Å². The number of ketones is 1. The van der Waals surface area contributed by atoms with Crippen molar-refractivity contribution in [3.8, 4) is 17.2 Å². The van der Waals surface area contributed by atoms with Crippen LogP contribution in [0.25, 0.3) is 10.9 Å². The summed E-state index contributed by atoms with van der Waals surface area (Å²) in [4.78, 5) is 25.0. The lowest BCUT2D eigenvalue weighted by Crippen LogP contribution is -2.47. The SMILES string of the molecule is COc1ccc(C(=O)c2c(C)n(Cc3cccc(OC(C)(C)C(=O)[O-])c3)c3cc(OC(F)(F)F)ccc23)cc1. The second-order valence-electron chi connectivity index (χ2n) is 9.38. The van der Waals surface area contributed by atoms with Crippen LogP contribution in [0.3, 0.4) is 0 Å². The van der Waals surface area contributed by atoms with Gasteiger partial charge in [-0.2, -0.15) is 0 Å². The predicted octanol–water partition coefficient (Wildman–Crippen LogP) is 5.04. The summed E-state index contributed by atoms with van der Waals surface area (Å²) in [7, 11) is 1.51. The number of carboxylic acids is 1. The average Bonchev–Trinajstić information content (AvgIpc) is 3.13. The lowest BCUT2D eigenvalue weighted by atomic mass is 10.0. The van der Waals surface area contributed by atoms with E-state index in [0.717, 1.165) is 0 Å². The minimum Gasteiger partial charge on any atom is -0.546 e. The Morgan fingerprint density at radius 2 is 1.54 bits per heavy atom. The number of halogens is 3. The third-order valence-corrected chi connectivity index (χ3v) is 6.21. The van der Waals surface area contributed by atoms with E-state index in [2.05, 4.69) is 4.74 Å². The van der Waals surface area contributed by atoms with Gasteiger partial charge in [-0.3, -0.25) is 4.79 Å². The second kappa shape index (κ2) is 10.4. The van der Waals surface area contributed by atoms with Gasteiger partial charge >= 0.3 is 6.36 Å². The fraction of sp³-hybridized carbons (Fsp3) is 0.241. The number of hydrogen-bond donors (Lipinski definition) is 0. The zero-order valence-corrected chi connectivity index (χ0v) is 21.6. The molecular formula is C29H25F3NO6-. The molecule has 0 aliphatic rings. The van der Waals surface area contributed by atoms with Crippen LogP contribution >= 0.6 is 0 Å². The Balaban J connectivity index is 1.81. The monoisotopic (exact) mass is 540 g/mol. The molecule has 0 saturated heterocycles. The fourth-order valence-corrected chi connectivity index (χ4v) is 4.26. The van der Waals surface area contributed by atoms with Gasteiger partial charge in [-0.05, 0) is 74.9 Å². The van der Waals surface area contributed by atoms with E-state index < -0.39 is 23.7 Å². The first kappa shape index (κ1) is 27.6. The Morgan fingerprint density at radius 1 is 0.897 bits per heavy atom. The first-order chi connectivity index (χ1) is 18.3. The van der Waals surface area contributed by atoms with Crippen molar-refractivity contribution >= 4 is 22.7 Å². The normalized spacial score (nSPS) is 11.9. The van der Waals surface area contributed by atoms with Crippen LogP contribution in [0.1, 0.15) is 41.0 Å². The van der Waals surface area contributed by atoms with Crippen molar-refractivity contribution in [3.63, 3.8) is 0 Å². The molecule has 0 spiro atoms. The van der Waals surface area contributed by atoms with Crippen molar-refractivity contribution in [1.29, 1.82) is 0 Å². The minimum atomic E-state index is -4.89. The Labute approximate surface area is 222 Å². The molecule has 0 aliphatic heterocycles. The summed E-state index contributed by atoms with van der Waals surface area (Å²) in [5.41, 5.74) is 0.667. The van der Waals surface area contributed by atoms with Gasteiger partial charge in [0.25, 0.3) is 0 Å². The van der Waals surface area contributed by atoms with Crippen molar-refractivity contribution in [3.05, 3.63) is 89.1 Å². The molecule has 3 aromatic carbocycles. The number of nitrogens with zero attached hydrogens (tertiary/aromatic N) is 1. The predicted molar refractivity (Wildman–Crippen MR) is 135 cm³/mol. The molecule has 0 amide bonds. The zero-order valence-electron chi connectivity index (χ0n) is 21.6. The van der Waals surface area contributed by atoms with Crippen LogP contribution in [-0.4, -0.2) is 35.4 Å². The summed E-state index contributed by atoms with van der Waals surface area (Å²) in [5.74, 6) is -1.28. The van der Waals surface area contributed by atoms with Gasteiger partial charge in [0.05, 0.1) is 24.2 Å². The Kier molecular flexibility index (Phi) is 7.32. The van der Waals surface area contributed by atoms with Gasteiger partial charge in [0.2, 0.25) is 0 Å². The molecule has 4 aromatic rings. The topological polar surface area (TPSA) is 89.8 Å². The number of hydrogen-bond acceptors (Lipinski definition) is 6. The molecule has 0 N–H and O–H groups in total. The summed E-state index contributed by atoms with van der Waals surface area (Å²) in [6.45, 7) is 4.58. The van der Waals surface area contributed by atoms with Gasteiger partial charge < -0.3 is 28.7 Å². The standard InChI is InChI=1S/C29H26F3NO6/c1-17-25(26(34)19-8-10-20(37-4)11-9-19)23-13-12-22(39-29(30,31)32)15-24(23)33(17)16-18-6-5-7-21(14-18)38-28(2,3)27(35)36/h5-15H,16H2,1-4H3,(H,35,36)/p-1. The first-order valence-corrected chi connectivity index (χ1v) is 11.9. The van der Waals surface area contributed by atoms with Crippen molar-refractivity contribution in [2.45, 2.75) is 39.3 Å². The molecule has 0 aliphatic carbocycles. The number of alkyl halides is 3. The molecule has 39 heavy (non-hydrogen) atoms. The van der Waals surface area contributed by atoms with Gasteiger partial charge in [0, 0.05) is 29.3 Å². The van der Waals surface area contributed by atoms with Crippen LogP contribution < -0.4 is 19.3 Å². The van der Waals surface area contributed by atoms with Crippen molar-refractivity contribution in [1.82, 2.24) is 4.57 Å². The number of benzene rings is 3. The third-order valence-electron chi connectivity index (χ3n) is 6.21. The number of aliphatic carboxylic acids is 1. The van der Waals surface area contributed by atoms with E-state index in [9.17, 15) is 27.9 Å². The number of carbonyl (C=O) groups is 2. The fourth-order valence-electron chi connectivity index (χ4n) is 4.26. The van der Waals surface area contributed by atoms with Crippen LogP contribution in [0, 0.1) is 6.92 Å². The third kappa shape index (κ3) is 6.00. The summed E-state index contributed by atoms with van der Waals surface area (Å²) in [5, 5.41) is 11.8. The van der Waals surface area contributed by atoms with Crippen LogP contribution in [0.15, 0.2) is 66.7 Å². The van der Waals surface area contributed by atoms with Gasteiger partial charge in [0.15, 0.2) is 5.78 Å². The van der Waals surface area contributed by atoms with E-state index in [-0.39, 0.29) is 18.1 Å². The van der Waals surface area contributed by atoms with Gasteiger partial charge in [-0.15, -0.1) is 13.2 Å². The highest BCUT2D eigenvalue weighted by Gasteiger charge is 2.32. The largest absolute Gasteiger partial charge is 0.573 e. The lowest BCUT2D eigenvalue weighted by Gasteiger charge is -2.27. The smallest absolute Gasteiger partial charge is 0.546 e.